The van der Waals surface area contributed by atoms with E-state index in [-0.39, 0.29) is 23.7 Å². The van der Waals surface area contributed by atoms with Crippen LogP contribution in [-0.2, 0) is 5.41 Å². The van der Waals surface area contributed by atoms with Gasteiger partial charge in [0, 0.05) is 12.0 Å². The molecule has 0 saturated heterocycles. The zero-order chi connectivity index (χ0) is 15.7. The monoisotopic (exact) mass is 294 g/mol. The number of hydrogen-bond donors (Lipinski definition) is 3. The number of amides is 1. The zero-order valence-corrected chi connectivity index (χ0v) is 13.4. The molecule has 1 saturated carbocycles. The summed E-state index contributed by atoms with van der Waals surface area (Å²) in [7, 11) is 0. The van der Waals surface area contributed by atoms with E-state index in [0.29, 0.717) is 11.7 Å². The van der Waals surface area contributed by atoms with Crippen molar-refractivity contribution in [3.8, 4) is 0 Å². The van der Waals surface area contributed by atoms with Crippen molar-refractivity contribution in [2.45, 2.75) is 64.4 Å². The van der Waals surface area contributed by atoms with Crippen LogP contribution >= 0.6 is 0 Å². The summed E-state index contributed by atoms with van der Waals surface area (Å²) in [5, 5.41) is 20.0. The minimum absolute atomic E-state index is 0.132. The number of carbonyl (C=O) groups is 1. The molecule has 2 atom stereocenters. The maximum Gasteiger partial charge on any atom is 0.291 e. The topological polar surface area (TPSA) is 90.9 Å². The van der Waals surface area contributed by atoms with E-state index < -0.39 is 5.60 Å². The summed E-state index contributed by atoms with van der Waals surface area (Å²) in [4.78, 5) is 16.3. The summed E-state index contributed by atoms with van der Waals surface area (Å²) in [6.07, 6.45) is 3.61. The number of aromatic amines is 1. The van der Waals surface area contributed by atoms with Crippen molar-refractivity contribution in [1.29, 1.82) is 0 Å². The van der Waals surface area contributed by atoms with E-state index in [9.17, 15) is 9.90 Å². The van der Waals surface area contributed by atoms with Crippen LogP contribution in [0.25, 0.3) is 0 Å². The second-order valence-electron chi connectivity index (χ2n) is 7.37. The number of hydrogen-bond acceptors (Lipinski definition) is 4. The lowest BCUT2D eigenvalue weighted by molar-refractivity contribution is -0.0110. The van der Waals surface area contributed by atoms with Gasteiger partial charge in [-0.3, -0.25) is 9.89 Å². The molecule has 21 heavy (non-hydrogen) atoms. The van der Waals surface area contributed by atoms with Gasteiger partial charge in [0.05, 0.1) is 5.60 Å². The Bertz CT molecular complexity index is 506. The van der Waals surface area contributed by atoms with Gasteiger partial charge in [-0.2, -0.15) is 0 Å². The summed E-state index contributed by atoms with van der Waals surface area (Å²) in [5.41, 5.74) is -0.973. The van der Waals surface area contributed by atoms with Crippen LogP contribution in [0.5, 0.6) is 0 Å². The number of carbonyl (C=O) groups excluding carboxylic acids is 1. The molecule has 1 aliphatic rings. The van der Waals surface area contributed by atoms with E-state index in [4.69, 9.17) is 0 Å². The van der Waals surface area contributed by atoms with E-state index >= 15 is 0 Å². The largest absolute Gasteiger partial charge is 0.388 e. The van der Waals surface area contributed by atoms with Crippen LogP contribution in [0, 0.1) is 5.92 Å². The molecule has 1 heterocycles. The third-order valence-electron chi connectivity index (χ3n) is 4.04. The van der Waals surface area contributed by atoms with Crippen molar-refractivity contribution in [2.24, 2.45) is 5.92 Å². The number of aliphatic hydroxyl groups is 1. The van der Waals surface area contributed by atoms with Crippen LogP contribution in [0.15, 0.2) is 0 Å². The SMILES string of the molecule is CC1CCCC(O)(CNC(=O)c2n[nH]c(C(C)(C)C)n2)C1. The van der Waals surface area contributed by atoms with Gasteiger partial charge in [-0.15, -0.1) is 5.10 Å². The van der Waals surface area contributed by atoms with E-state index in [1.54, 1.807) is 0 Å². The van der Waals surface area contributed by atoms with Gasteiger partial charge in [0.25, 0.3) is 5.91 Å². The molecular formula is C15H26N4O2. The van der Waals surface area contributed by atoms with Gasteiger partial charge in [-0.25, -0.2) is 4.98 Å². The second-order valence-corrected chi connectivity index (χ2v) is 7.37. The first-order valence-corrected chi connectivity index (χ1v) is 7.63. The summed E-state index contributed by atoms with van der Waals surface area (Å²) in [6.45, 7) is 8.40. The van der Waals surface area contributed by atoms with Crippen molar-refractivity contribution >= 4 is 5.91 Å². The molecule has 1 aromatic heterocycles. The Kier molecular flexibility index (Phi) is 4.37. The minimum Gasteiger partial charge on any atom is -0.388 e. The fourth-order valence-electron chi connectivity index (χ4n) is 2.82. The Labute approximate surface area is 125 Å². The molecule has 2 unspecified atom stereocenters. The van der Waals surface area contributed by atoms with Crippen LogP contribution in [0.1, 0.15) is 69.8 Å². The quantitative estimate of drug-likeness (QED) is 0.792. The fraction of sp³-hybridized carbons (Fsp3) is 0.800. The molecule has 0 bridgehead atoms. The normalized spacial score (nSPS) is 26.6. The van der Waals surface area contributed by atoms with Crippen molar-refractivity contribution in [1.82, 2.24) is 20.5 Å². The first-order chi connectivity index (χ1) is 9.70. The molecule has 0 radical (unpaired) electrons. The molecule has 0 aliphatic heterocycles. The van der Waals surface area contributed by atoms with Crippen LogP contribution < -0.4 is 5.32 Å². The number of nitrogens with zero attached hydrogens (tertiary/aromatic N) is 2. The minimum atomic E-state index is -0.795. The summed E-state index contributed by atoms with van der Waals surface area (Å²) >= 11 is 0. The van der Waals surface area contributed by atoms with E-state index in [1.807, 2.05) is 20.8 Å². The number of aromatic nitrogens is 3. The Balaban J connectivity index is 1.94. The van der Waals surface area contributed by atoms with E-state index in [0.717, 1.165) is 25.7 Å². The van der Waals surface area contributed by atoms with Crippen LogP contribution in [-0.4, -0.2) is 38.3 Å². The second kappa shape index (κ2) is 5.75. The molecule has 1 aromatic rings. The smallest absolute Gasteiger partial charge is 0.291 e. The third kappa shape index (κ3) is 4.03. The van der Waals surface area contributed by atoms with Gasteiger partial charge in [-0.1, -0.05) is 40.5 Å². The maximum atomic E-state index is 12.1. The average molecular weight is 294 g/mol. The van der Waals surface area contributed by atoms with Crippen molar-refractivity contribution < 1.29 is 9.90 Å². The molecule has 2 rings (SSSR count). The maximum absolute atomic E-state index is 12.1. The Morgan fingerprint density at radius 1 is 1.52 bits per heavy atom. The van der Waals surface area contributed by atoms with E-state index in [1.165, 1.54) is 0 Å². The number of rotatable bonds is 3. The summed E-state index contributed by atoms with van der Waals surface area (Å²) in [6, 6.07) is 0. The fourth-order valence-corrected chi connectivity index (χ4v) is 2.82. The molecule has 3 N–H and O–H groups in total. The molecule has 0 spiro atoms. The molecule has 1 aliphatic carbocycles. The van der Waals surface area contributed by atoms with Crippen LogP contribution in [0.2, 0.25) is 0 Å². The van der Waals surface area contributed by atoms with Gasteiger partial charge in [-0.05, 0) is 18.8 Å². The van der Waals surface area contributed by atoms with Gasteiger partial charge in [0.1, 0.15) is 5.82 Å². The van der Waals surface area contributed by atoms with Crippen molar-refractivity contribution in [2.75, 3.05) is 6.54 Å². The lowest BCUT2D eigenvalue weighted by atomic mass is 9.79. The lowest BCUT2D eigenvalue weighted by Gasteiger charge is -2.35. The van der Waals surface area contributed by atoms with Gasteiger partial charge >= 0.3 is 0 Å². The molecular weight excluding hydrogens is 268 g/mol. The standard InChI is InChI=1S/C15H26N4O2/c1-10-6-5-7-15(21,8-10)9-16-12(20)11-17-13(19-18-11)14(2,3)4/h10,21H,5-9H2,1-4H3,(H,16,20)(H,17,18,19). The Hall–Kier alpha value is -1.43. The molecule has 1 amide bonds. The van der Waals surface area contributed by atoms with Crippen molar-refractivity contribution in [3.05, 3.63) is 11.6 Å². The highest BCUT2D eigenvalue weighted by Crippen LogP contribution is 2.31. The average Bonchev–Trinajstić information content (AvgIpc) is 2.85. The first kappa shape index (κ1) is 15.9. The lowest BCUT2D eigenvalue weighted by Crippen LogP contribution is -2.46. The molecule has 1 fully saturated rings. The molecule has 6 nitrogen and oxygen atoms in total. The van der Waals surface area contributed by atoms with Gasteiger partial charge in [0.15, 0.2) is 0 Å². The highest BCUT2D eigenvalue weighted by atomic mass is 16.3. The molecule has 6 heteroatoms. The Morgan fingerprint density at radius 3 is 2.81 bits per heavy atom. The summed E-state index contributed by atoms with van der Waals surface area (Å²) in [5.74, 6) is 0.968. The number of H-pyrrole nitrogens is 1. The highest BCUT2D eigenvalue weighted by molar-refractivity contribution is 5.90. The third-order valence-corrected chi connectivity index (χ3v) is 4.04. The van der Waals surface area contributed by atoms with Crippen molar-refractivity contribution in [3.63, 3.8) is 0 Å². The summed E-state index contributed by atoms with van der Waals surface area (Å²) < 4.78 is 0. The zero-order valence-electron chi connectivity index (χ0n) is 13.4. The van der Waals surface area contributed by atoms with Gasteiger partial charge in [0.2, 0.25) is 5.82 Å². The van der Waals surface area contributed by atoms with Crippen LogP contribution in [0.4, 0.5) is 0 Å². The van der Waals surface area contributed by atoms with E-state index in [2.05, 4.69) is 27.4 Å². The van der Waals surface area contributed by atoms with Gasteiger partial charge < -0.3 is 10.4 Å². The molecule has 118 valence electrons. The van der Waals surface area contributed by atoms with Crippen LogP contribution in [0.3, 0.4) is 0 Å². The Morgan fingerprint density at radius 2 is 2.24 bits per heavy atom. The number of nitrogens with one attached hydrogen (secondary N) is 2. The first-order valence-electron chi connectivity index (χ1n) is 7.63. The predicted molar refractivity (Wildman–Crippen MR) is 80.0 cm³/mol. The predicted octanol–water partition coefficient (Wildman–Crippen LogP) is 1.77. The highest BCUT2D eigenvalue weighted by Gasteiger charge is 2.33. The molecule has 0 aromatic carbocycles.